The maximum atomic E-state index is 14.7. The van der Waals surface area contributed by atoms with Gasteiger partial charge in [0.15, 0.2) is 11.6 Å². The van der Waals surface area contributed by atoms with Crippen molar-refractivity contribution in [3.8, 4) is 34.0 Å². The van der Waals surface area contributed by atoms with E-state index in [0.29, 0.717) is 24.5 Å². The molecule has 2 aromatic heterocycles. The van der Waals surface area contributed by atoms with E-state index in [-0.39, 0.29) is 11.4 Å². The Morgan fingerprint density at radius 3 is 2.47 bits per heavy atom. The molecule has 0 radical (unpaired) electrons. The molecule has 0 saturated heterocycles. The van der Waals surface area contributed by atoms with E-state index < -0.39 is 5.82 Å². The standard InChI is InChI=1S/C27H25FN6O2/c1-3-7-20-17-34(25-23(28)10-6-11-24(25)36-2)27(35)33(20)16-18-12-14-19(15-13-18)21-8-4-5-9-22(21)26-29-31-32-30-26/h4-6,8-15,17H,3,7,16H2,1-2H3,(H,29,30,31,32). The maximum absolute atomic E-state index is 14.7. The number of nitrogens with one attached hydrogen (secondary N) is 1. The summed E-state index contributed by atoms with van der Waals surface area (Å²) in [6.45, 7) is 2.41. The van der Waals surface area contributed by atoms with Crippen LogP contribution in [0.1, 0.15) is 24.6 Å². The zero-order valence-electron chi connectivity index (χ0n) is 20.0. The van der Waals surface area contributed by atoms with Gasteiger partial charge in [0.2, 0.25) is 0 Å². The molecule has 9 heteroatoms. The minimum absolute atomic E-state index is 0.120. The lowest BCUT2D eigenvalue weighted by Gasteiger charge is -2.10. The summed E-state index contributed by atoms with van der Waals surface area (Å²) >= 11 is 0. The highest BCUT2D eigenvalue weighted by Crippen LogP contribution is 2.30. The number of imidazole rings is 1. The Balaban J connectivity index is 1.50. The van der Waals surface area contributed by atoms with Crippen molar-refractivity contribution in [2.45, 2.75) is 26.3 Å². The zero-order valence-corrected chi connectivity index (χ0v) is 20.0. The number of hydrogen-bond acceptors (Lipinski definition) is 5. The van der Waals surface area contributed by atoms with Gasteiger partial charge in [0.05, 0.1) is 13.7 Å². The molecule has 5 rings (SSSR count). The van der Waals surface area contributed by atoms with E-state index in [9.17, 15) is 9.18 Å². The van der Waals surface area contributed by atoms with Crippen LogP contribution >= 0.6 is 0 Å². The van der Waals surface area contributed by atoms with Crippen molar-refractivity contribution in [1.29, 1.82) is 0 Å². The predicted molar refractivity (Wildman–Crippen MR) is 135 cm³/mol. The lowest BCUT2D eigenvalue weighted by Crippen LogP contribution is -2.25. The summed E-state index contributed by atoms with van der Waals surface area (Å²) in [4.78, 5) is 13.4. The number of aromatic nitrogens is 6. The predicted octanol–water partition coefficient (Wildman–Crippen LogP) is 4.63. The summed E-state index contributed by atoms with van der Waals surface area (Å²) in [5, 5.41) is 14.2. The first-order valence-electron chi connectivity index (χ1n) is 11.7. The van der Waals surface area contributed by atoms with Crippen LogP contribution in [0.25, 0.3) is 28.2 Å². The average Bonchev–Trinajstić information content (AvgIpc) is 3.54. The minimum atomic E-state index is -0.512. The molecule has 0 unspecified atom stereocenters. The largest absolute Gasteiger partial charge is 0.494 e. The van der Waals surface area contributed by atoms with E-state index in [1.54, 1.807) is 22.9 Å². The summed E-state index contributed by atoms with van der Waals surface area (Å²) in [7, 11) is 1.46. The number of ether oxygens (including phenoxy) is 1. The number of aryl methyl sites for hydroxylation is 1. The summed E-state index contributed by atoms with van der Waals surface area (Å²) < 4.78 is 23.1. The van der Waals surface area contributed by atoms with Gasteiger partial charge in [0, 0.05) is 17.5 Å². The number of halogens is 1. The number of para-hydroxylation sites is 1. The Hall–Kier alpha value is -4.53. The number of tetrazole rings is 1. The highest BCUT2D eigenvalue weighted by atomic mass is 19.1. The first-order valence-corrected chi connectivity index (χ1v) is 11.7. The van der Waals surface area contributed by atoms with Crippen molar-refractivity contribution < 1.29 is 9.13 Å². The smallest absolute Gasteiger partial charge is 0.333 e. The molecule has 0 aliphatic carbocycles. The Kier molecular flexibility index (Phi) is 6.44. The molecule has 5 aromatic rings. The molecular formula is C27H25FN6O2. The van der Waals surface area contributed by atoms with E-state index in [1.165, 1.54) is 17.7 Å². The second-order valence-electron chi connectivity index (χ2n) is 8.39. The highest BCUT2D eigenvalue weighted by Gasteiger charge is 2.19. The third-order valence-corrected chi connectivity index (χ3v) is 6.11. The summed E-state index contributed by atoms with van der Waals surface area (Å²) in [6.07, 6.45) is 3.25. The topological polar surface area (TPSA) is 90.6 Å². The molecular weight excluding hydrogens is 459 g/mol. The molecule has 182 valence electrons. The number of rotatable bonds is 8. The Labute approximate surface area is 207 Å². The van der Waals surface area contributed by atoms with E-state index in [1.807, 2.05) is 55.5 Å². The highest BCUT2D eigenvalue weighted by molar-refractivity contribution is 5.80. The fourth-order valence-electron chi connectivity index (χ4n) is 4.39. The molecule has 8 nitrogen and oxygen atoms in total. The first kappa shape index (κ1) is 23.2. The van der Waals surface area contributed by atoms with Crippen LogP contribution in [0.15, 0.2) is 77.7 Å². The third-order valence-electron chi connectivity index (χ3n) is 6.11. The number of aromatic amines is 1. The summed E-state index contributed by atoms with van der Waals surface area (Å²) in [5.74, 6) is 0.388. The second-order valence-corrected chi connectivity index (χ2v) is 8.39. The average molecular weight is 485 g/mol. The Bertz CT molecular complexity index is 1540. The fourth-order valence-corrected chi connectivity index (χ4v) is 4.39. The third kappa shape index (κ3) is 4.31. The lowest BCUT2D eigenvalue weighted by molar-refractivity contribution is 0.408. The second kappa shape index (κ2) is 9.99. The van der Waals surface area contributed by atoms with Gasteiger partial charge in [-0.15, -0.1) is 5.10 Å². The van der Waals surface area contributed by atoms with Crippen molar-refractivity contribution >= 4 is 0 Å². The molecule has 0 saturated carbocycles. The molecule has 0 amide bonds. The van der Waals surface area contributed by atoms with Crippen LogP contribution in [-0.2, 0) is 13.0 Å². The normalized spacial score (nSPS) is 11.1. The van der Waals surface area contributed by atoms with Crippen LogP contribution in [0.4, 0.5) is 4.39 Å². The van der Waals surface area contributed by atoms with E-state index >= 15 is 0 Å². The van der Waals surface area contributed by atoms with Crippen LogP contribution in [0.2, 0.25) is 0 Å². The van der Waals surface area contributed by atoms with E-state index in [0.717, 1.165) is 34.4 Å². The van der Waals surface area contributed by atoms with Crippen molar-refractivity contribution in [3.63, 3.8) is 0 Å². The number of benzene rings is 3. The SMILES string of the molecule is CCCc1cn(-c2c(F)cccc2OC)c(=O)n1Cc1ccc(-c2ccccc2-c2nnn[nH]2)cc1. The van der Waals surface area contributed by atoms with Crippen molar-refractivity contribution in [1.82, 2.24) is 29.8 Å². The number of H-pyrrole nitrogens is 1. The van der Waals surface area contributed by atoms with Gasteiger partial charge in [-0.2, -0.15) is 0 Å². The number of methoxy groups -OCH3 is 1. The molecule has 0 aliphatic heterocycles. The molecule has 36 heavy (non-hydrogen) atoms. The van der Waals surface area contributed by atoms with Crippen LogP contribution in [-0.4, -0.2) is 36.9 Å². The first-order chi connectivity index (χ1) is 17.6. The van der Waals surface area contributed by atoms with Crippen LogP contribution < -0.4 is 10.4 Å². The summed E-state index contributed by atoms with van der Waals surface area (Å²) in [6, 6.07) is 20.4. The monoisotopic (exact) mass is 484 g/mol. The van der Waals surface area contributed by atoms with E-state index in [4.69, 9.17) is 4.74 Å². The van der Waals surface area contributed by atoms with Crippen molar-refractivity contribution in [2.24, 2.45) is 0 Å². The van der Waals surface area contributed by atoms with Gasteiger partial charge in [-0.25, -0.2) is 14.3 Å². The molecule has 2 heterocycles. The number of hydrogen-bond donors (Lipinski definition) is 1. The molecule has 0 atom stereocenters. The fraction of sp³-hybridized carbons (Fsp3) is 0.185. The van der Waals surface area contributed by atoms with Crippen molar-refractivity contribution in [2.75, 3.05) is 7.11 Å². The molecule has 1 N–H and O–H groups in total. The van der Waals surface area contributed by atoms with Gasteiger partial charge in [0.25, 0.3) is 0 Å². The molecule has 3 aromatic carbocycles. The molecule has 0 aliphatic rings. The van der Waals surface area contributed by atoms with Crippen LogP contribution in [0.5, 0.6) is 5.75 Å². The minimum Gasteiger partial charge on any atom is -0.494 e. The zero-order chi connectivity index (χ0) is 25.1. The van der Waals surface area contributed by atoms with Crippen LogP contribution in [0.3, 0.4) is 0 Å². The molecule has 0 bridgehead atoms. The van der Waals surface area contributed by atoms with E-state index in [2.05, 4.69) is 20.6 Å². The van der Waals surface area contributed by atoms with Gasteiger partial charge in [-0.05, 0) is 45.7 Å². The maximum Gasteiger partial charge on any atom is 0.333 e. The lowest BCUT2D eigenvalue weighted by atomic mass is 9.98. The number of nitrogens with zero attached hydrogens (tertiary/aromatic N) is 5. The van der Waals surface area contributed by atoms with Gasteiger partial charge < -0.3 is 4.74 Å². The Morgan fingerprint density at radius 1 is 1.00 bits per heavy atom. The summed E-state index contributed by atoms with van der Waals surface area (Å²) in [5.41, 5.74) is 4.48. The van der Waals surface area contributed by atoms with Gasteiger partial charge >= 0.3 is 5.69 Å². The van der Waals surface area contributed by atoms with Gasteiger partial charge in [-0.3, -0.25) is 9.13 Å². The molecule has 0 spiro atoms. The van der Waals surface area contributed by atoms with Gasteiger partial charge in [-0.1, -0.05) is 67.9 Å². The Morgan fingerprint density at radius 2 is 1.78 bits per heavy atom. The van der Waals surface area contributed by atoms with Crippen LogP contribution in [0, 0.1) is 5.82 Å². The quantitative estimate of drug-likeness (QED) is 0.347. The molecule has 0 fully saturated rings. The van der Waals surface area contributed by atoms with Gasteiger partial charge in [0.1, 0.15) is 11.4 Å². The van der Waals surface area contributed by atoms with Crippen molar-refractivity contribution in [3.05, 3.63) is 100 Å².